The first-order valence-corrected chi connectivity index (χ1v) is 7.48. The molecule has 0 aromatic carbocycles. The molecule has 0 amide bonds. The second-order valence-electron chi connectivity index (χ2n) is 6.26. The van der Waals surface area contributed by atoms with Gasteiger partial charge in [0, 0.05) is 23.7 Å². The summed E-state index contributed by atoms with van der Waals surface area (Å²) in [7, 11) is 0. The highest BCUT2D eigenvalue weighted by Crippen LogP contribution is 2.28. The highest BCUT2D eigenvalue weighted by atomic mass is 15.0. The van der Waals surface area contributed by atoms with Gasteiger partial charge in [-0.2, -0.15) is 0 Å². The number of anilines is 1. The predicted molar refractivity (Wildman–Crippen MR) is 87.5 cm³/mol. The molecule has 112 valence electrons. The Bertz CT molecular complexity index is 600. The molecule has 0 saturated heterocycles. The molecule has 0 spiro atoms. The molecule has 1 N–H and O–H groups in total. The molecule has 0 atom stereocenters. The van der Waals surface area contributed by atoms with E-state index in [0.29, 0.717) is 0 Å². The molecule has 0 aliphatic heterocycles. The summed E-state index contributed by atoms with van der Waals surface area (Å²) >= 11 is 0. The second kappa shape index (κ2) is 6.20. The van der Waals surface area contributed by atoms with Gasteiger partial charge in [-0.05, 0) is 25.5 Å². The number of nitrogens with one attached hydrogen (secondary N) is 1. The molecule has 0 saturated carbocycles. The molecule has 2 aromatic heterocycles. The minimum Gasteiger partial charge on any atom is -0.370 e. The van der Waals surface area contributed by atoms with Crippen LogP contribution in [0.25, 0.3) is 11.4 Å². The Labute approximate surface area is 127 Å². The maximum absolute atomic E-state index is 4.77. The van der Waals surface area contributed by atoms with Gasteiger partial charge in [0.05, 0.1) is 11.4 Å². The van der Waals surface area contributed by atoms with Gasteiger partial charge in [0.2, 0.25) is 0 Å². The summed E-state index contributed by atoms with van der Waals surface area (Å²) in [6, 6.07) is 5.89. The molecule has 0 aliphatic rings. The molecule has 0 unspecified atom stereocenters. The summed E-state index contributed by atoms with van der Waals surface area (Å²) < 4.78 is 0. The van der Waals surface area contributed by atoms with Crippen LogP contribution in [0.1, 0.15) is 45.5 Å². The van der Waals surface area contributed by atoms with Crippen molar-refractivity contribution >= 4 is 5.82 Å². The van der Waals surface area contributed by atoms with E-state index in [1.54, 1.807) is 6.20 Å². The van der Waals surface area contributed by atoms with Gasteiger partial charge >= 0.3 is 0 Å². The van der Waals surface area contributed by atoms with Crippen LogP contribution in [0.15, 0.2) is 24.4 Å². The highest BCUT2D eigenvalue weighted by Gasteiger charge is 2.21. The van der Waals surface area contributed by atoms with Gasteiger partial charge < -0.3 is 5.32 Å². The molecule has 0 aliphatic carbocycles. The van der Waals surface area contributed by atoms with Crippen LogP contribution in [0.2, 0.25) is 0 Å². The van der Waals surface area contributed by atoms with Crippen LogP contribution in [0.4, 0.5) is 5.82 Å². The fourth-order valence-corrected chi connectivity index (χ4v) is 2.02. The number of pyridine rings is 1. The van der Waals surface area contributed by atoms with Crippen molar-refractivity contribution in [3.8, 4) is 11.4 Å². The number of aromatic nitrogens is 3. The van der Waals surface area contributed by atoms with Gasteiger partial charge in [0.25, 0.3) is 0 Å². The summed E-state index contributed by atoms with van der Waals surface area (Å²) in [5, 5.41) is 3.41. The van der Waals surface area contributed by atoms with Gasteiger partial charge in [-0.1, -0.05) is 33.8 Å². The molecular weight excluding hydrogens is 260 g/mol. The Balaban J connectivity index is 2.58. The van der Waals surface area contributed by atoms with E-state index in [1.807, 2.05) is 18.2 Å². The maximum atomic E-state index is 4.77. The SMILES string of the molecule is CCCNc1nc(C(C)(C)C)nc(-c2ccccn2)c1C. The van der Waals surface area contributed by atoms with Gasteiger partial charge in [-0.15, -0.1) is 0 Å². The van der Waals surface area contributed by atoms with Crippen molar-refractivity contribution in [2.24, 2.45) is 0 Å². The normalized spacial score (nSPS) is 11.5. The average Bonchev–Trinajstić information content (AvgIpc) is 2.46. The van der Waals surface area contributed by atoms with E-state index in [-0.39, 0.29) is 5.41 Å². The fourth-order valence-electron chi connectivity index (χ4n) is 2.02. The third-order valence-electron chi connectivity index (χ3n) is 3.27. The summed E-state index contributed by atoms with van der Waals surface area (Å²) in [4.78, 5) is 13.9. The minimum absolute atomic E-state index is 0.0973. The Morgan fingerprint density at radius 2 is 1.90 bits per heavy atom. The van der Waals surface area contributed by atoms with Crippen molar-refractivity contribution in [3.63, 3.8) is 0 Å². The van der Waals surface area contributed by atoms with Crippen LogP contribution in [-0.2, 0) is 5.41 Å². The quantitative estimate of drug-likeness (QED) is 0.923. The van der Waals surface area contributed by atoms with Crippen LogP contribution < -0.4 is 5.32 Å². The van der Waals surface area contributed by atoms with Gasteiger partial charge in [-0.25, -0.2) is 9.97 Å². The van der Waals surface area contributed by atoms with Crippen LogP contribution >= 0.6 is 0 Å². The van der Waals surface area contributed by atoms with Gasteiger partial charge in [-0.3, -0.25) is 4.98 Å². The Kier molecular flexibility index (Phi) is 4.56. The smallest absolute Gasteiger partial charge is 0.136 e. The fraction of sp³-hybridized carbons (Fsp3) is 0.471. The summed E-state index contributed by atoms with van der Waals surface area (Å²) in [5.41, 5.74) is 2.76. The lowest BCUT2D eigenvalue weighted by Gasteiger charge is -2.20. The van der Waals surface area contributed by atoms with E-state index < -0.39 is 0 Å². The minimum atomic E-state index is -0.0973. The first-order chi connectivity index (χ1) is 9.93. The second-order valence-corrected chi connectivity index (χ2v) is 6.26. The standard InChI is InChI=1S/C17H24N4/c1-6-10-19-15-12(2)14(13-9-7-8-11-18-13)20-16(21-15)17(3,4)5/h7-9,11H,6,10H2,1-5H3,(H,19,20,21). The number of rotatable bonds is 4. The molecule has 4 heteroatoms. The van der Waals surface area contributed by atoms with Crippen LogP contribution in [0.5, 0.6) is 0 Å². The molecular formula is C17H24N4. The maximum Gasteiger partial charge on any atom is 0.136 e. The Morgan fingerprint density at radius 1 is 1.14 bits per heavy atom. The first kappa shape index (κ1) is 15.4. The molecule has 2 rings (SSSR count). The number of hydrogen-bond donors (Lipinski definition) is 1. The summed E-state index contributed by atoms with van der Waals surface area (Å²) in [6.45, 7) is 11.5. The van der Waals surface area contributed by atoms with Gasteiger partial charge in [0.1, 0.15) is 11.6 Å². The van der Waals surface area contributed by atoms with E-state index in [1.165, 1.54) is 0 Å². The van der Waals surface area contributed by atoms with Crippen molar-refractivity contribution in [1.82, 2.24) is 15.0 Å². The van der Waals surface area contributed by atoms with Crippen LogP contribution in [0.3, 0.4) is 0 Å². The molecule has 2 heterocycles. The lowest BCUT2D eigenvalue weighted by Crippen LogP contribution is -2.19. The molecule has 21 heavy (non-hydrogen) atoms. The van der Waals surface area contributed by atoms with Crippen molar-refractivity contribution in [1.29, 1.82) is 0 Å². The van der Waals surface area contributed by atoms with E-state index >= 15 is 0 Å². The third kappa shape index (κ3) is 3.57. The van der Waals surface area contributed by atoms with Gasteiger partial charge in [0.15, 0.2) is 0 Å². The molecule has 0 radical (unpaired) electrons. The van der Waals surface area contributed by atoms with Crippen molar-refractivity contribution in [2.45, 2.75) is 46.5 Å². The predicted octanol–water partition coefficient (Wildman–Crippen LogP) is 3.97. The highest BCUT2D eigenvalue weighted by molar-refractivity contribution is 5.65. The third-order valence-corrected chi connectivity index (χ3v) is 3.27. The van der Waals surface area contributed by atoms with Crippen molar-refractivity contribution in [2.75, 3.05) is 11.9 Å². The van der Waals surface area contributed by atoms with Crippen molar-refractivity contribution < 1.29 is 0 Å². The van der Waals surface area contributed by atoms with E-state index in [2.05, 4.69) is 44.9 Å². The summed E-state index contributed by atoms with van der Waals surface area (Å²) in [6.07, 6.45) is 2.86. The Morgan fingerprint density at radius 3 is 2.48 bits per heavy atom. The molecule has 0 bridgehead atoms. The largest absolute Gasteiger partial charge is 0.370 e. The Hall–Kier alpha value is -1.97. The van der Waals surface area contributed by atoms with E-state index in [4.69, 9.17) is 9.97 Å². The topological polar surface area (TPSA) is 50.7 Å². The van der Waals surface area contributed by atoms with Crippen molar-refractivity contribution in [3.05, 3.63) is 35.8 Å². The molecule has 0 fully saturated rings. The van der Waals surface area contributed by atoms with Crippen LogP contribution in [-0.4, -0.2) is 21.5 Å². The molecule has 2 aromatic rings. The average molecular weight is 284 g/mol. The monoisotopic (exact) mass is 284 g/mol. The van der Waals surface area contributed by atoms with E-state index in [9.17, 15) is 0 Å². The van der Waals surface area contributed by atoms with Crippen LogP contribution in [0, 0.1) is 6.92 Å². The lowest BCUT2D eigenvalue weighted by atomic mass is 9.95. The lowest BCUT2D eigenvalue weighted by molar-refractivity contribution is 0.546. The number of nitrogens with zero attached hydrogens (tertiary/aromatic N) is 3. The zero-order chi connectivity index (χ0) is 15.5. The zero-order valence-electron chi connectivity index (χ0n) is 13.6. The van der Waals surface area contributed by atoms with E-state index in [0.717, 1.165) is 41.6 Å². The zero-order valence-corrected chi connectivity index (χ0v) is 13.6. The number of hydrogen-bond acceptors (Lipinski definition) is 4. The summed E-state index contributed by atoms with van der Waals surface area (Å²) in [5.74, 6) is 1.75. The first-order valence-electron chi connectivity index (χ1n) is 7.48. The molecule has 4 nitrogen and oxygen atoms in total.